The number of nitrogens with zero attached hydrogens (tertiary/aromatic N) is 1. The summed E-state index contributed by atoms with van der Waals surface area (Å²) in [5.74, 6) is -0.570. The Bertz CT molecular complexity index is 757. The maximum absolute atomic E-state index is 13.0. The molecular formula is C16H15ClFNO4. The van der Waals surface area contributed by atoms with Crippen LogP contribution in [0.1, 0.15) is 32.2 Å². The van der Waals surface area contributed by atoms with Gasteiger partial charge in [-0.25, -0.2) is 9.18 Å². The first-order chi connectivity index (χ1) is 10.8. The van der Waals surface area contributed by atoms with Gasteiger partial charge in [-0.05, 0) is 31.2 Å². The van der Waals surface area contributed by atoms with E-state index in [2.05, 4.69) is 4.74 Å². The fraction of sp³-hybridized carbons (Fsp3) is 0.250. The van der Waals surface area contributed by atoms with E-state index in [1.165, 1.54) is 30.2 Å². The van der Waals surface area contributed by atoms with Crippen molar-refractivity contribution in [1.29, 1.82) is 0 Å². The van der Waals surface area contributed by atoms with Gasteiger partial charge in [0.05, 0.1) is 24.2 Å². The first kappa shape index (κ1) is 17.0. The second-order valence-electron chi connectivity index (χ2n) is 4.96. The number of amides is 1. The highest BCUT2D eigenvalue weighted by Gasteiger charge is 2.20. The van der Waals surface area contributed by atoms with E-state index >= 15 is 0 Å². The molecule has 0 unspecified atom stereocenters. The largest absolute Gasteiger partial charge is 0.465 e. The average Bonchev–Trinajstić information content (AvgIpc) is 2.86. The van der Waals surface area contributed by atoms with Gasteiger partial charge in [0.2, 0.25) is 0 Å². The zero-order valence-corrected chi connectivity index (χ0v) is 13.6. The standard InChI is InChI=1S/C16H15ClFNO4/c1-9-13(16(21)22-3)7-11(23-9)8-19(2)15(20)12-5-4-10(18)6-14(12)17/h4-7H,8H2,1-3H3. The maximum Gasteiger partial charge on any atom is 0.341 e. The molecule has 23 heavy (non-hydrogen) atoms. The van der Waals surface area contributed by atoms with Crippen molar-refractivity contribution in [2.24, 2.45) is 0 Å². The van der Waals surface area contributed by atoms with E-state index in [0.29, 0.717) is 17.1 Å². The number of hydrogen-bond donors (Lipinski definition) is 0. The van der Waals surface area contributed by atoms with Crippen molar-refractivity contribution in [3.05, 3.63) is 57.8 Å². The summed E-state index contributed by atoms with van der Waals surface area (Å²) in [5, 5.41) is 0.0349. The highest BCUT2D eigenvalue weighted by Crippen LogP contribution is 2.21. The molecule has 7 heteroatoms. The van der Waals surface area contributed by atoms with Crippen LogP contribution in [0.15, 0.2) is 28.7 Å². The van der Waals surface area contributed by atoms with Crippen molar-refractivity contribution < 1.29 is 23.1 Å². The predicted molar refractivity (Wildman–Crippen MR) is 82.0 cm³/mol. The number of rotatable bonds is 4. The van der Waals surface area contributed by atoms with Crippen LogP contribution in [-0.2, 0) is 11.3 Å². The molecule has 0 saturated heterocycles. The van der Waals surface area contributed by atoms with E-state index in [4.69, 9.17) is 16.0 Å². The van der Waals surface area contributed by atoms with Crippen molar-refractivity contribution in [2.45, 2.75) is 13.5 Å². The summed E-state index contributed by atoms with van der Waals surface area (Å²) >= 11 is 5.89. The average molecular weight is 340 g/mol. The van der Waals surface area contributed by atoms with E-state index < -0.39 is 11.8 Å². The number of furan rings is 1. The topological polar surface area (TPSA) is 59.8 Å². The van der Waals surface area contributed by atoms with Gasteiger partial charge in [-0.2, -0.15) is 0 Å². The molecule has 1 aromatic heterocycles. The third-order valence-corrected chi connectivity index (χ3v) is 3.59. The second kappa shape index (κ2) is 6.83. The molecule has 0 aliphatic carbocycles. The summed E-state index contributed by atoms with van der Waals surface area (Å²) in [4.78, 5) is 25.3. The van der Waals surface area contributed by atoms with Gasteiger partial charge in [0.25, 0.3) is 5.91 Å². The number of aryl methyl sites for hydroxylation is 1. The Morgan fingerprint density at radius 2 is 2.00 bits per heavy atom. The SMILES string of the molecule is COC(=O)c1cc(CN(C)C(=O)c2ccc(F)cc2Cl)oc1C. The van der Waals surface area contributed by atoms with Crippen LogP contribution in [0.5, 0.6) is 0 Å². The monoisotopic (exact) mass is 339 g/mol. The Balaban J connectivity index is 2.17. The van der Waals surface area contributed by atoms with Crippen LogP contribution in [0.25, 0.3) is 0 Å². The van der Waals surface area contributed by atoms with Crippen molar-refractivity contribution >= 4 is 23.5 Å². The number of ether oxygens (including phenoxy) is 1. The summed E-state index contributed by atoms with van der Waals surface area (Å²) in [6, 6.07) is 5.09. The molecule has 0 radical (unpaired) electrons. The number of carbonyl (C=O) groups is 2. The first-order valence-electron chi connectivity index (χ1n) is 6.71. The first-order valence-corrected chi connectivity index (χ1v) is 7.09. The number of halogens is 2. The number of carbonyl (C=O) groups excluding carboxylic acids is 2. The molecule has 1 aromatic carbocycles. The van der Waals surface area contributed by atoms with Gasteiger partial charge in [-0.15, -0.1) is 0 Å². The summed E-state index contributed by atoms with van der Waals surface area (Å²) in [5.41, 5.74) is 0.496. The Labute approximate surface area is 137 Å². The van der Waals surface area contributed by atoms with Gasteiger partial charge in [0.15, 0.2) is 0 Å². The smallest absolute Gasteiger partial charge is 0.341 e. The highest BCUT2D eigenvalue weighted by atomic mass is 35.5. The predicted octanol–water partition coefficient (Wildman–Crippen LogP) is 3.44. The minimum atomic E-state index is -0.515. The zero-order valence-electron chi connectivity index (χ0n) is 12.9. The lowest BCUT2D eigenvalue weighted by Gasteiger charge is -2.16. The number of benzene rings is 1. The van der Waals surface area contributed by atoms with E-state index in [9.17, 15) is 14.0 Å². The molecule has 0 fully saturated rings. The fourth-order valence-corrected chi connectivity index (χ4v) is 2.36. The van der Waals surface area contributed by atoms with E-state index in [1.807, 2.05) is 0 Å². The van der Waals surface area contributed by atoms with Gasteiger partial charge >= 0.3 is 5.97 Å². The second-order valence-corrected chi connectivity index (χ2v) is 5.37. The molecule has 2 aromatic rings. The van der Waals surface area contributed by atoms with E-state index in [0.717, 1.165) is 6.07 Å². The van der Waals surface area contributed by atoms with Gasteiger partial charge in [0.1, 0.15) is 22.9 Å². The molecule has 0 bridgehead atoms. The van der Waals surface area contributed by atoms with Crippen LogP contribution in [0, 0.1) is 12.7 Å². The molecule has 122 valence electrons. The Kier molecular flexibility index (Phi) is 5.05. The normalized spacial score (nSPS) is 10.5. The van der Waals surface area contributed by atoms with Crippen molar-refractivity contribution in [1.82, 2.24) is 4.90 Å². The van der Waals surface area contributed by atoms with Crippen LogP contribution < -0.4 is 0 Å². The third kappa shape index (κ3) is 3.71. The molecular weight excluding hydrogens is 325 g/mol. The van der Waals surface area contributed by atoms with Gasteiger partial charge in [-0.3, -0.25) is 4.79 Å². The van der Waals surface area contributed by atoms with Gasteiger partial charge < -0.3 is 14.1 Å². The van der Waals surface area contributed by atoms with Crippen LogP contribution in [0.3, 0.4) is 0 Å². The molecule has 0 atom stereocenters. The van der Waals surface area contributed by atoms with Crippen LogP contribution in [-0.4, -0.2) is 30.9 Å². The molecule has 0 aliphatic rings. The quantitative estimate of drug-likeness (QED) is 0.801. The Morgan fingerprint density at radius 1 is 1.30 bits per heavy atom. The van der Waals surface area contributed by atoms with E-state index in [1.54, 1.807) is 14.0 Å². The Morgan fingerprint density at radius 3 is 2.61 bits per heavy atom. The van der Waals surface area contributed by atoms with Crippen LogP contribution in [0.2, 0.25) is 5.02 Å². The van der Waals surface area contributed by atoms with Crippen LogP contribution in [0.4, 0.5) is 4.39 Å². The zero-order chi connectivity index (χ0) is 17.1. The molecule has 0 N–H and O–H groups in total. The van der Waals surface area contributed by atoms with Gasteiger partial charge in [-0.1, -0.05) is 11.6 Å². The third-order valence-electron chi connectivity index (χ3n) is 3.28. The molecule has 1 heterocycles. The molecule has 5 nitrogen and oxygen atoms in total. The van der Waals surface area contributed by atoms with Crippen molar-refractivity contribution in [3.8, 4) is 0 Å². The molecule has 0 saturated carbocycles. The molecule has 0 spiro atoms. The number of esters is 1. The van der Waals surface area contributed by atoms with Crippen LogP contribution >= 0.6 is 11.6 Å². The number of methoxy groups -OCH3 is 1. The maximum atomic E-state index is 13.0. The molecule has 2 rings (SSSR count). The highest BCUT2D eigenvalue weighted by molar-refractivity contribution is 6.33. The fourth-order valence-electron chi connectivity index (χ4n) is 2.11. The van der Waals surface area contributed by atoms with Gasteiger partial charge in [0, 0.05) is 7.05 Å². The summed E-state index contributed by atoms with van der Waals surface area (Å²) in [6.07, 6.45) is 0. The lowest BCUT2D eigenvalue weighted by atomic mass is 10.2. The molecule has 0 aliphatic heterocycles. The lowest BCUT2D eigenvalue weighted by Crippen LogP contribution is -2.26. The van der Waals surface area contributed by atoms with Crippen molar-refractivity contribution in [2.75, 3.05) is 14.2 Å². The molecule has 1 amide bonds. The summed E-state index contributed by atoms with van der Waals surface area (Å²) in [7, 11) is 2.83. The summed E-state index contributed by atoms with van der Waals surface area (Å²) in [6.45, 7) is 1.76. The minimum absolute atomic E-state index is 0.0349. The Hall–Kier alpha value is -2.34. The minimum Gasteiger partial charge on any atom is -0.465 e. The lowest BCUT2D eigenvalue weighted by molar-refractivity contribution is 0.0598. The number of hydrogen-bond acceptors (Lipinski definition) is 4. The van der Waals surface area contributed by atoms with Crippen molar-refractivity contribution in [3.63, 3.8) is 0 Å². The van der Waals surface area contributed by atoms with E-state index in [-0.39, 0.29) is 23.0 Å². The summed E-state index contributed by atoms with van der Waals surface area (Å²) < 4.78 is 23.1.